The molecule has 1 rings (SSSR count). The summed E-state index contributed by atoms with van der Waals surface area (Å²) in [7, 11) is 1.37. The summed E-state index contributed by atoms with van der Waals surface area (Å²) in [5.74, 6) is 0.436. The molecule has 0 aliphatic carbocycles. The molecule has 1 saturated heterocycles. The number of hydrogen-bond donors (Lipinski definition) is 0. The van der Waals surface area contributed by atoms with Crippen molar-refractivity contribution in [2.24, 2.45) is 0 Å². The third-order valence-corrected chi connectivity index (χ3v) is 1.83. The van der Waals surface area contributed by atoms with Crippen LogP contribution in [-0.4, -0.2) is 19.7 Å². The normalized spacial score (nSPS) is 21.2. The number of esters is 1. The van der Waals surface area contributed by atoms with E-state index in [2.05, 4.69) is 4.74 Å². The van der Waals surface area contributed by atoms with Gasteiger partial charge < -0.3 is 9.47 Å². The highest BCUT2D eigenvalue weighted by Crippen LogP contribution is 2.15. The van der Waals surface area contributed by atoms with Crippen LogP contribution in [0.1, 0.15) is 25.7 Å². The molecule has 0 unspecified atom stereocenters. The smallest absolute Gasteiger partial charge is 0.333 e. The predicted octanol–water partition coefficient (Wildman–Crippen LogP) is 1.63. The summed E-state index contributed by atoms with van der Waals surface area (Å²) in [6, 6.07) is 0. The molecule has 12 heavy (non-hydrogen) atoms. The number of carbonyl (C=O) groups is 1. The van der Waals surface area contributed by atoms with E-state index in [0.717, 1.165) is 31.6 Å². The van der Waals surface area contributed by atoms with Crippen molar-refractivity contribution in [1.29, 1.82) is 0 Å². The number of ether oxygens (including phenoxy) is 2. The molecule has 0 amide bonds. The average molecular weight is 170 g/mol. The van der Waals surface area contributed by atoms with Gasteiger partial charge in [0, 0.05) is 6.42 Å². The van der Waals surface area contributed by atoms with Crippen LogP contribution in [0.15, 0.2) is 11.8 Å². The van der Waals surface area contributed by atoms with Crippen LogP contribution in [0.4, 0.5) is 0 Å². The first-order valence-corrected chi connectivity index (χ1v) is 4.24. The Kier molecular flexibility index (Phi) is 3.64. The number of rotatable bonds is 1. The maximum Gasteiger partial charge on any atom is 0.333 e. The van der Waals surface area contributed by atoms with Gasteiger partial charge in [0.1, 0.15) is 5.76 Å². The van der Waals surface area contributed by atoms with Crippen LogP contribution < -0.4 is 0 Å². The first-order chi connectivity index (χ1) is 5.83. The van der Waals surface area contributed by atoms with Crippen LogP contribution in [-0.2, 0) is 14.3 Å². The monoisotopic (exact) mass is 170 g/mol. The minimum absolute atomic E-state index is 0.327. The molecule has 1 aliphatic heterocycles. The molecule has 0 bridgehead atoms. The molecule has 0 aromatic heterocycles. The lowest BCUT2D eigenvalue weighted by molar-refractivity contribution is -0.135. The van der Waals surface area contributed by atoms with E-state index in [9.17, 15) is 4.79 Å². The molecule has 3 nitrogen and oxygen atoms in total. The molecule has 3 heteroatoms. The topological polar surface area (TPSA) is 35.5 Å². The van der Waals surface area contributed by atoms with Gasteiger partial charge in [-0.25, -0.2) is 4.79 Å². The molecule has 1 fully saturated rings. The molecule has 0 spiro atoms. The fourth-order valence-corrected chi connectivity index (χ4v) is 1.16. The van der Waals surface area contributed by atoms with Gasteiger partial charge in [-0.1, -0.05) is 0 Å². The Balaban J connectivity index is 2.47. The third kappa shape index (κ3) is 2.95. The molecule has 0 radical (unpaired) electrons. The highest BCUT2D eigenvalue weighted by molar-refractivity contribution is 5.82. The van der Waals surface area contributed by atoms with Crippen LogP contribution in [0.2, 0.25) is 0 Å². The van der Waals surface area contributed by atoms with E-state index in [1.807, 2.05) is 0 Å². The zero-order chi connectivity index (χ0) is 8.81. The van der Waals surface area contributed by atoms with Gasteiger partial charge in [-0.15, -0.1) is 0 Å². The molecule has 1 aliphatic rings. The van der Waals surface area contributed by atoms with Crippen molar-refractivity contribution in [3.05, 3.63) is 11.8 Å². The van der Waals surface area contributed by atoms with Gasteiger partial charge in [-0.05, 0) is 19.3 Å². The Bertz CT molecular complexity index is 174. The summed E-state index contributed by atoms with van der Waals surface area (Å²) >= 11 is 0. The van der Waals surface area contributed by atoms with Crippen LogP contribution in [0.3, 0.4) is 0 Å². The van der Waals surface area contributed by atoms with Crippen molar-refractivity contribution in [3.63, 3.8) is 0 Å². The van der Waals surface area contributed by atoms with Gasteiger partial charge in [0.25, 0.3) is 0 Å². The Hall–Kier alpha value is -0.990. The van der Waals surface area contributed by atoms with Crippen LogP contribution in [0, 0.1) is 0 Å². The second kappa shape index (κ2) is 4.80. The van der Waals surface area contributed by atoms with Crippen LogP contribution in [0.25, 0.3) is 0 Å². The summed E-state index contributed by atoms with van der Waals surface area (Å²) in [5.41, 5.74) is 0. The maximum atomic E-state index is 10.8. The SMILES string of the molecule is COC(=O)/C=C1\CCCCCO1. The fourth-order valence-electron chi connectivity index (χ4n) is 1.16. The van der Waals surface area contributed by atoms with E-state index < -0.39 is 0 Å². The zero-order valence-electron chi connectivity index (χ0n) is 7.34. The van der Waals surface area contributed by atoms with Gasteiger partial charge in [-0.2, -0.15) is 0 Å². The Morgan fingerprint density at radius 1 is 1.50 bits per heavy atom. The number of allylic oxidation sites excluding steroid dienone is 1. The molecule has 0 aromatic carbocycles. The van der Waals surface area contributed by atoms with E-state index in [4.69, 9.17) is 4.74 Å². The molecular weight excluding hydrogens is 156 g/mol. The zero-order valence-corrected chi connectivity index (χ0v) is 7.34. The molecule has 0 N–H and O–H groups in total. The fraction of sp³-hybridized carbons (Fsp3) is 0.667. The van der Waals surface area contributed by atoms with Crippen molar-refractivity contribution in [1.82, 2.24) is 0 Å². The highest BCUT2D eigenvalue weighted by Gasteiger charge is 2.06. The van der Waals surface area contributed by atoms with E-state index in [-0.39, 0.29) is 5.97 Å². The lowest BCUT2D eigenvalue weighted by Gasteiger charge is -2.03. The summed E-state index contributed by atoms with van der Waals surface area (Å²) in [4.78, 5) is 10.8. The first kappa shape index (κ1) is 9.10. The molecular formula is C9H14O3. The van der Waals surface area contributed by atoms with E-state index in [0.29, 0.717) is 0 Å². The average Bonchev–Trinajstić information content (AvgIpc) is 2.33. The standard InChI is InChI=1S/C9H14O3/c1-11-9(10)7-8-5-3-2-4-6-12-8/h7H,2-6H2,1H3/b8-7+. The van der Waals surface area contributed by atoms with Crippen molar-refractivity contribution < 1.29 is 14.3 Å². The molecule has 0 atom stereocenters. The summed E-state index contributed by atoms with van der Waals surface area (Å²) in [6.07, 6.45) is 5.65. The second-order valence-electron chi connectivity index (χ2n) is 2.79. The quantitative estimate of drug-likeness (QED) is 0.443. The minimum Gasteiger partial charge on any atom is -0.498 e. The minimum atomic E-state index is -0.327. The van der Waals surface area contributed by atoms with Crippen molar-refractivity contribution in [2.45, 2.75) is 25.7 Å². The number of methoxy groups -OCH3 is 1. The number of hydrogen-bond acceptors (Lipinski definition) is 3. The van der Waals surface area contributed by atoms with E-state index in [1.165, 1.54) is 19.6 Å². The summed E-state index contributed by atoms with van der Waals surface area (Å²) in [6.45, 7) is 0.725. The molecule has 68 valence electrons. The number of carbonyl (C=O) groups excluding carboxylic acids is 1. The molecule has 1 heterocycles. The lowest BCUT2D eigenvalue weighted by atomic mass is 10.2. The maximum absolute atomic E-state index is 10.8. The largest absolute Gasteiger partial charge is 0.498 e. The summed E-state index contributed by atoms with van der Waals surface area (Å²) < 4.78 is 9.83. The Labute approximate surface area is 72.4 Å². The third-order valence-electron chi connectivity index (χ3n) is 1.83. The first-order valence-electron chi connectivity index (χ1n) is 4.24. The van der Waals surface area contributed by atoms with Crippen LogP contribution in [0.5, 0.6) is 0 Å². The Morgan fingerprint density at radius 2 is 2.33 bits per heavy atom. The molecule has 0 aromatic rings. The van der Waals surface area contributed by atoms with Gasteiger partial charge in [0.2, 0.25) is 0 Å². The molecule has 0 saturated carbocycles. The van der Waals surface area contributed by atoms with Crippen LogP contribution >= 0.6 is 0 Å². The highest BCUT2D eigenvalue weighted by atomic mass is 16.5. The van der Waals surface area contributed by atoms with Gasteiger partial charge in [0.05, 0.1) is 19.8 Å². The van der Waals surface area contributed by atoms with Gasteiger partial charge in [0.15, 0.2) is 0 Å². The van der Waals surface area contributed by atoms with E-state index >= 15 is 0 Å². The van der Waals surface area contributed by atoms with Crippen molar-refractivity contribution >= 4 is 5.97 Å². The summed E-state index contributed by atoms with van der Waals surface area (Å²) in [5, 5.41) is 0. The second-order valence-corrected chi connectivity index (χ2v) is 2.79. The lowest BCUT2D eigenvalue weighted by Crippen LogP contribution is -1.99. The van der Waals surface area contributed by atoms with E-state index in [1.54, 1.807) is 0 Å². The van der Waals surface area contributed by atoms with Crippen molar-refractivity contribution in [3.8, 4) is 0 Å². The van der Waals surface area contributed by atoms with Crippen molar-refractivity contribution in [2.75, 3.05) is 13.7 Å². The van der Waals surface area contributed by atoms with Gasteiger partial charge >= 0.3 is 5.97 Å². The predicted molar refractivity (Wildman–Crippen MR) is 44.5 cm³/mol. The Morgan fingerprint density at radius 3 is 3.08 bits per heavy atom. The van der Waals surface area contributed by atoms with Gasteiger partial charge in [-0.3, -0.25) is 0 Å².